The number of carbonyl (C=O) groups excluding carboxylic acids is 2. The molecule has 4 rings (SSSR count). The van der Waals surface area contributed by atoms with Crippen LogP contribution in [0.4, 0.5) is 0 Å². The average molecular weight is 416 g/mol. The van der Waals surface area contributed by atoms with E-state index < -0.39 is 5.41 Å². The van der Waals surface area contributed by atoms with E-state index in [2.05, 4.69) is 35.7 Å². The predicted octanol–water partition coefficient (Wildman–Crippen LogP) is 1.76. The van der Waals surface area contributed by atoms with Crippen LogP contribution in [0.5, 0.6) is 0 Å². The summed E-state index contributed by atoms with van der Waals surface area (Å²) in [5, 5.41) is 4.47. The predicted molar refractivity (Wildman–Crippen MR) is 116 cm³/mol. The first-order valence-corrected chi connectivity index (χ1v) is 11.5. The molecule has 0 unspecified atom stereocenters. The number of aromatic nitrogens is 2. The fourth-order valence-electron chi connectivity index (χ4n) is 5.79. The molecule has 0 spiro atoms. The Labute approximate surface area is 180 Å². The molecule has 3 saturated heterocycles. The first kappa shape index (κ1) is 21.3. The summed E-state index contributed by atoms with van der Waals surface area (Å²) in [5.41, 5.74) is 2.91. The lowest BCUT2D eigenvalue weighted by Crippen LogP contribution is -2.49. The SMILES string of the molecule is Cc1nn(C)c(C)c1CCC(=O)N1C[C@@H]2CN(C(C)C)C[C@]2(C(=O)N2CCCC2)C1. The highest BCUT2D eigenvalue weighted by Crippen LogP contribution is 2.45. The number of nitrogens with zero attached hydrogens (tertiary/aromatic N) is 5. The number of fused-ring (bicyclic) bond motifs is 1. The van der Waals surface area contributed by atoms with Crippen LogP contribution in [0.1, 0.15) is 50.1 Å². The van der Waals surface area contributed by atoms with Gasteiger partial charge in [0.25, 0.3) is 0 Å². The molecular weight excluding hydrogens is 378 g/mol. The molecule has 30 heavy (non-hydrogen) atoms. The zero-order valence-corrected chi connectivity index (χ0v) is 19.3. The van der Waals surface area contributed by atoms with E-state index in [1.165, 1.54) is 5.56 Å². The van der Waals surface area contributed by atoms with Gasteiger partial charge in [0, 0.05) is 70.4 Å². The van der Waals surface area contributed by atoms with Crippen LogP contribution in [-0.4, -0.2) is 81.6 Å². The summed E-state index contributed by atoms with van der Waals surface area (Å²) in [5.74, 6) is 0.720. The molecule has 166 valence electrons. The van der Waals surface area contributed by atoms with Crippen molar-refractivity contribution in [3.63, 3.8) is 0 Å². The van der Waals surface area contributed by atoms with E-state index >= 15 is 0 Å². The molecule has 0 saturated carbocycles. The molecule has 2 atom stereocenters. The fraction of sp³-hybridized carbons (Fsp3) is 0.783. The zero-order chi connectivity index (χ0) is 21.6. The van der Waals surface area contributed by atoms with E-state index in [1.807, 2.05) is 23.6 Å². The van der Waals surface area contributed by atoms with Gasteiger partial charge < -0.3 is 9.80 Å². The number of amides is 2. The van der Waals surface area contributed by atoms with Gasteiger partial charge in [-0.15, -0.1) is 0 Å². The van der Waals surface area contributed by atoms with Crippen molar-refractivity contribution in [2.24, 2.45) is 18.4 Å². The quantitative estimate of drug-likeness (QED) is 0.735. The molecule has 1 aromatic rings. The highest BCUT2D eigenvalue weighted by Gasteiger charge is 2.59. The molecule has 0 aliphatic carbocycles. The minimum atomic E-state index is -0.412. The van der Waals surface area contributed by atoms with Gasteiger partial charge in [-0.05, 0) is 52.5 Å². The standard InChI is InChI=1S/C23H37N5O2/c1-16(2)27-12-19-13-28(15-23(19,14-27)22(30)26-10-6-7-11-26)21(29)9-8-20-17(3)24-25(5)18(20)4/h16,19H,6-15H2,1-5H3/t19-,23-/m0/s1. The zero-order valence-electron chi connectivity index (χ0n) is 19.3. The van der Waals surface area contributed by atoms with Gasteiger partial charge in [-0.1, -0.05) is 0 Å². The Kier molecular flexibility index (Phi) is 5.68. The van der Waals surface area contributed by atoms with Gasteiger partial charge in [0.2, 0.25) is 11.8 Å². The smallest absolute Gasteiger partial charge is 0.232 e. The number of rotatable bonds is 5. The van der Waals surface area contributed by atoms with Crippen LogP contribution < -0.4 is 0 Å². The van der Waals surface area contributed by atoms with Crippen LogP contribution >= 0.6 is 0 Å². The van der Waals surface area contributed by atoms with Gasteiger partial charge in [-0.3, -0.25) is 19.2 Å². The van der Waals surface area contributed by atoms with E-state index in [0.29, 0.717) is 31.5 Å². The lowest BCUT2D eigenvalue weighted by atomic mass is 9.79. The van der Waals surface area contributed by atoms with Gasteiger partial charge in [0.05, 0.1) is 11.1 Å². The van der Waals surface area contributed by atoms with Crippen LogP contribution in [0.15, 0.2) is 0 Å². The second-order valence-electron chi connectivity index (χ2n) is 9.92. The molecular formula is C23H37N5O2. The van der Waals surface area contributed by atoms with Crippen molar-refractivity contribution < 1.29 is 9.59 Å². The maximum atomic E-state index is 13.6. The van der Waals surface area contributed by atoms with Crippen molar-refractivity contribution >= 4 is 11.8 Å². The highest BCUT2D eigenvalue weighted by atomic mass is 16.2. The summed E-state index contributed by atoms with van der Waals surface area (Å²) < 4.78 is 1.89. The van der Waals surface area contributed by atoms with Gasteiger partial charge in [0.1, 0.15) is 0 Å². The lowest BCUT2D eigenvalue weighted by Gasteiger charge is -2.33. The molecule has 3 fully saturated rings. The number of hydrogen-bond acceptors (Lipinski definition) is 4. The fourth-order valence-corrected chi connectivity index (χ4v) is 5.79. The summed E-state index contributed by atoms with van der Waals surface area (Å²) in [6, 6.07) is 0.430. The van der Waals surface area contributed by atoms with Crippen molar-refractivity contribution in [3.05, 3.63) is 17.0 Å². The Balaban J connectivity index is 1.47. The van der Waals surface area contributed by atoms with Crippen LogP contribution in [0.25, 0.3) is 0 Å². The van der Waals surface area contributed by atoms with Crippen molar-refractivity contribution in [1.29, 1.82) is 0 Å². The molecule has 0 aromatic carbocycles. The van der Waals surface area contributed by atoms with Crippen LogP contribution in [0, 0.1) is 25.2 Å². The molecule has 0 N–H and O–H groups in total. The van der Waals surface area contributed by atoms with E-state index in [4.69, 9.17) is 0 Å². The molecule has 3 aliphatic rings. The molecule has 0 radical (unpaired) electrons. The van der Waals surface area contributed by atoms with E-state index in [9.17, 15) is 9.59 Å². The lowest BCUT2D eigenvalue weighted by molar-refractivity contribution is -0.141. The first-order valence-electron chi connectivity index (χ1n) is 11.5. The summed E-state index contributed by atoms with van der Waals surface area (Å²) in [4.78, 5) is 33.2. The van der Waals surface area contributed by atoms with Crippen molar-refractivity contribution in [2.45, 2.75) is 59.4 Å². The number of aryl methyl sites for hydroxylation is 2. The van der Waals surface area contributed by atoms with Crippen molar-refractivity contribution in [2.75, 3.05) is 39.3 Å². The molecule has 0 bridgehead atoms. The largest absolute Gasteiger partial charge is 0.342 e. The van der Waals surface area contributed by atoms with Gasteiger partial charge >= 0.3 is 0 Å². The monoisotopic (exact) mass is 415 g/mol. The second-order valence-corrected chi connectivity index (χ2v) is 9.92. The van der Waals surface area contributed by atoms with Crippen molar-refractivity contribution in [3.8, 4) is 0 Å². The Morgan fingerprint density at radius 1 is 1.10 bits per heavy atom. The second kappa shape index (κ2) is 7.98. The third-order valence-corrected chi connectivity index (χ3v) is 7.79. The minimum Gasteiger partial charge on any atom is -0.342 e. The van der Waals surface area contributed by atoms with Crippen LogP contribution in [-0.2, 0) is 23.1 Å². The average Bonchev–Trinajstić information content (AvgIpc) is 3.44. The summed E-state index contributed by atoms with van der Waals surface area (Å²) in [7, 11) is 1.95. The molecule has 2 amide bonds. The molecule has 4 heterocycles. The molecule has 1 aromatic heterocycles. The summed E-state index contributed by atoms with van der Waals surface area (Å²) >= 11 is 0. The molecule has 7 nitrogen and oxygen atoms in total. The number of hydrogen-bond donors (Lipinski definition) is 0. The Morgan fingerprint density at radius 2 is 1.80 bits per heavy atom. The number of likely N-dealkylation sites (tertiary alicyclic amines) is 3. The van der Waals surface area contributed by atoms with Gasteiger partial charge in [0.15, 0.2) is 0 Å². The van der Waals surface area contributed by atoms with Crippen LogP contribution in [0.2, 0.25) is 0 Å². The Morgan fingerprint density at radius 3 is 2.40 bits per heavy atom. The normalized spacial score (nSPS) is 26.8. The van der Waals surface area contributed by atoms with Crippen LogP contribution in [0.3, 0.4) is 0 Å². The minimum absolute atomic E-state index is 0.178. The van der Waals surface area contributed by atoms with E-state index in [1.54, 1.807) is 0 Å². The maximum absolute atomic E-state index is 13.6. The molecule has 7 heteroatoms. The highest BCUT2D eigenvalue weighted by molar-refractivity contribution is 5.87. The topological polar surface area (TPSA) is 61.7 Å². The summed E-state index contributed by atoms with van der Waals surface area (Å²) in [6.45, 7) is 13.2. The Bertz CT molecular complexity index is 826. The molecule has 3 aliphatic heterocycles. The Hall–Kier alpha value is -1.89. The first-order chi connectivity index (χ1) is 14.2. The third-order valence-electron chi connectivity index (χ3n) is 7.79. The third kappa shape index (κ3) is 3.55. The van der Waals surface area contributed by atoms with Crippen molar-refractivity contribution in [1.82, 2.24) is 24.5 Å². The van der Waals surface area contributed by atoms with E-state index in [-0.39, 0.29) is 11.8 Å². The maximum Gasteiger partial charge on any atom is 0.232 e. The van der Waals surface area contributed by atoms with Gasteiger partial charge in [-0.25, -0.2) is 0 Å². The summed E-state index contributed by atoms with van der Waals surface area (Å²) in [6.07, 6.45) is 3.42. The van der Waals surface area contributed by atoms with E-state index in [0.717, 1.165) is 56.8 Å². The van der Waals surface area contributed by atoms with Gasteiger partial charge in [-0.2, -0.15) is 5.10 Å². The number of carbonyl (C=O) groups is 2.